The molecular weight excluding hydrogens is 280 g/mol. The minimum atomic E-state index is 0.0878. The van der Waals surface area contributed by atoms with Crippen LogP contribution in [0.15, 0.2) is 41.8 Å². The van der Waals surface area contributed by atoms with Crippen molar-refractivity contribution < 1.29 is 4.74 Å². The number of thiophene rings is 1. The smallest absolute Gasteiger partial charge is 0.174 e. The molecule has 0 amide bonds. The van der Waals surface area contributed by atoms with Gasteiger partial charge in [-0.05, 0) is 35.6 Å². The van der Waals surface area contributed by atoms with Crippen LogP contribution in [0.5, 0.6) is 5.75 Å². The average molecular weight is 300 g/mol. The van der Waals surface area contributed by atoms with E-state index in [1.165, 1.54) is 10.4 Å². The maximum atomic E-state index is 8.55. The molecule has 1 heterocycles. The Bertz CT molecular complexity index is 575. The standard InChI is InChI=1S/C17H20N2OS/c1-2-5-16(17-8-4-11-21-17)19-13-14-6-3-7-15(12-14)20-10-9-18/h3-4,6-8,11-12,16,19H,2,5,10,13H2,1H3. The van der Waals surface area contributed by atoms with E-state index in [1.54, 1.807) is 11.3 Å². The van der Waals surface area contributed by atoms with Gasteiger partial charge in [0.05, 0.1) is 0 Å². The van der Waals surface area contributed by atoms with Crippen LogP contribution in [0, 0.1) is 11.3 Å². The summed E-state index contributed by atoms with van der Waals surface area (Å²) in [6, 6.07) is 14.6. The first kappa shape index (κ1) is 15.6. The largest absolute Gasteiger partial charge is 0.479 e. The molecule has 1 aromatic heterocycles. The van der Waals surface area contributed by atoms with Crippen LogP contribution < -0.4 is 10.1 Å². The number of benzene rings is 1. The van der Waals surface area contributed by atoms with Crippen molar-refractivity contribution in [3.8, 4) is 11.8 Å². The lowest BCUT2D eigenvalue weighted by molar-refractivity contribution is 0.367. The molecule has 0 aliphatic carbocycles. The molecule has 1 unspecified atom stereocenters. The van der Waals surface area contributed by atoms with Crippen molar-refractivity contribution >= 4 is 11.3 Å². The average Bonchev–Trinajstić information content (AvgIpc) is 3.04. The summed E-state index contributed by atoms with van der Waals surface area (Å²) in [5.74, 6) is 0.749. The first-order chi connectivity index (χ1) is 10.3. The molecule has 4 heteroatoms. The summed E-state index contributed by atoms with van der Waals surface area (Å²) in [6.07, 6.45) is 2.28. The van der Waals surface area contributed by atoms with E-state index in [9.17, 15) is 0 Å². The summed E-state index contributed by atoms with van der Waals surface area (Å²) in [5, 5.41) is 14.3. The highest BCUT2D eigenvalue weighted by Gasteiger charge is 2.11. The van der Waals surface area contributed by atoms with E-state index >= 15 is 0 Å². The van der Waals surface area contributed by atoms with Gasteiger partial charge in [-0.15, -0.1) is 11.3 Å². The third kappa shape index (κ3) is 4.89. The monoisotopic (exact) mass is 300 g/mol. The van der Waals surface area contributed by atoms with Crippen molar-refractivity contribution in [2.75, 3.05) is 6.61 Å². The normalized spacial score (nSPS) is 11.8. The summed E-state index contributed by atoms with van der Waals surface area (Å²) >= 11 is 1.80. The lowest BCUT2D eigenvalue weighted by Gasteiger charge is -2.17. The number of nitrogens with one attached hydrogen (secondary N) is 1. The van der Waals surface area contributed by atoms with Gasteiger partial charge in [-0.3, -0.25) is 0 Å². The number of nitrogens with zero attached hydrogens (tertiary/aromatic N) is 1. The molecule has 0 aliphatic rings. The molecule has 2 rings (SSSR count). The highest BCUT2D eigenvalue weighted by molar-refractivity contribution is 7.10. The van der Waals surface area contributed by atoms with Gasteiger partial charge in [0, 0.05) is 17.5 Å². The molecule has 0 radical (unpaired) electrons. The topological polar surface area (TPSA) is 45.0 Å². The van der Waals surface area contributed by atoms with Crippen LogP contribution in [-0.2, 0) is 6.54 Å². The zero-order valence-corrected chi connectivity index (χ0v) is 13.0. The molecule has 2 aromatic rings. The van der Waals surface area contributed by atoms with E-state index in [2.05, 4.69) is 35.8 Å². The second-order valence-corrected chi connectivity index (χ2v) is 5.81. The molecule has 0 bridgehead atoms. The van der Waals surface area contributed by atoms with E-state index in [0.29, 0.717) is 6.04 Å². The fourth-order valence-electron chi connectivity index (χ4n) is 2.23. The van der Waals surface area contributed by atoms with Crippen LogP contribution in [0.25, 0.3) is 0 Å². The molecule has 21 heavy (non-hydrogen) atoms. The van der Waals surface area contributed by atoms with Gasteiger partial charge in [-0.25, -0.2) is 0 Å². The second-order valence-electron chi connectivity index (χ2n) is 4.83. The molecule has 3 nitrogen and oxygen atoms in total. The Labute approximate surface area is 130 Å². The van der Waals surface area contributed by atoms with Gasteiger partial charge in [0.25, 0.3) is 0 Å². The van der Waals surface area contributed by atoms with Gasteiger partial charge in [0.2, 0.25) is 0 Å². The number of nitriles is 1. The van der Waals surface area contributed by atoms with Gasteiger partial charge in [0.1, 0.15) is 11.8 Å². The summed E-state index contributed by atoms with van der Waals surface area (Å²) in [6.45, 7) is 3.09. The maximum absolute atomic E-state index is 8.55. The number of hydrogen-bond acceptors (Lipinski definition) is 4. The van der Waals surface area contributed by atoms with Crippen LogP contribution in [0.2, 0.25) is 0 Å². The Morgan fingerprint density at radius 2 is 2.24 bits per heavy atom. The zero-order chi connectivity index (χ0) is 14.9. The first-order valence-corrected chi connectivity index (χ1v) is 8.07. The third-order valence-corrected chi connectivity index (χ3v) is 4.20. The molecule has 0 saturated carbocycles. The van der Waals surface area contributed by atoms with Crippen LogP contribution in [-0.4, -0.2) is 6.61 Å². The molecule has 1 aromatic carbocycles. The van der Waals surface area contributed by atoms with Gasteiger partial charge in [-0.2, -0.15) is 5.26 Å². The molecule has 1 atom stereocenters. The summed E-state index contributed by atoms with van der Waals surface area (Å²) in [7, 11) is 0. The van der Waals surface area contributed by atoms with Crippen molar-refractivity contribution in [2.45, 2.75) is 32.4 Å². The van der Waals surface area contributed by atoms with Gasteiger partial charge in [0.15, 0.2) is 6.61 Å². The van der Waals surface area contributed by atoms with Crippen molar-refractivity contribution in [3.05, 3.63) is 52.2 Å². The Balaban J connectivity index is 1.96. The summed E-state index contributed by atoms with van der Waals surface area (Å²) in [5.41, 5.74) is 1.17. The van der Waals surface area contributed by atoms with E-state index in [1.807, 2.05) is 24.3 Å². The fourth-order valence-corrected chi connectivity index (χ4v) is 3.06. The lowest BCUT2D eigenvalue weighted by atomic mass is 10.1. The molecule has 0 aliphatic heterocycles. The van der Waals surface area contributed by atoms with Gasteiger partial charge in [-0.1, -0.05) is 31.5 Å². The molecule has 1 N–H and O–H groups in total. The number of rotatable bonds is 8. The van der Waals surface area contributed by atoms with Crippen molar-refractivity contribution in [1.29, 1.82) is 5.26 Å². The number of ether oxygens (including phenoxy) is 1. The molecular formula is C17H20N2OS. The van der Waals surface area contributed by atoms with Crippen LogP contribution in [0.3, 0.4) is 0 Å². The van der Waals surface area contributed by atoms with Crippen LogP contribution >= 0.6 is 11.3 Å². The predicted octanol–water partition coefficient (Wildman–Crippen LogP) is 4.28. The lowest BCUT2D eigenvalue weighted by Crippen LogP contribution is -2.20. The summed E-state index contributed by atoms with van der Waals surface area (Å²) < 4.78 is 5.34. The first-order valence-electron chi connectivity index (χ1n) is 7.19. The summed E-state index contributed by atoms with van der Waals surface area (Å²) in [4.78, 5) is 1.38. The van der Waals surface area contributed by atoms with Crippen molar-refractivity contribution in [3.63, 3.8) is 0 Å². The third-order valence-electron chi connectivity index (χ3n) is 3.22. The Kier molecular flexibility index (Phi) is 6.26. The fraction of sp³-hybridized carbons (Fsp3) is 0.353. The predicted molar refractivity (Wildman–Crippen MR) is 86.4 cm³/mol. The van der Waals surface area contributed by atoms with Gasteiger partial charge >= 0.3 is 0 Å². The molecule has 0 spiro atoms. The molecule has 0 fully saturated rings. The number of hydrogen-bond donors (Lipinski definition) is 1. The highest BCUT2D eigenvalue weighted by atomic mass is 32.1. The van der Waals surface area contributed by atoms with E-state index < -0.39 is 0 Å². The van der Waals surface area contributed by atoms with E-state index in [-0.39, 0.29) is 6.61 Å². The Hall–Kier alpha value is -1.83. The van der Waals surface area contributed by atoms with Gasteiger partial charge < -0.3 is 10.1 Å². The van der Waals surface area contributed by atoms with Crippen molar-refractivity contribution in [1.82, 2.24) is 5.32 Å². The SMILES string of the molecule is CCCC(NCc1cccc(OCC#N)c1)c1cccs1. The minimum absolute atomic E-state index is 0.0878. The Morgan fingerprint density at radius 1 is 1.33 bits per heavy atom. The quantitative estimate of drug-likeness (QED) is 0.791. The molecule has 0 saturated heterocycles. The molecule has 110 valence electrons. The van der Waals surface area contributed by atoms with E-state index in [0.717, 1.165) is 25.1 Å². The maximum Gasteiger partial charge on any atom is 0.174 e. The Morgan fingerprint density at radius 3 is 2.95 bits per heavy atom. The second kappa shape index (κ2) is 8.46. The van der Waals surface area contributed by atoms with Crippen molar-refractivity contribution in [2.24, 2.45) is 0 Å². The zero-order valence-electron chi connectivity index (χ0n) is 12.2. The van der Waals surface area contributed by atoms with Crippen LogP contribution in [0.4, 0.5) is 0 Å². The minimum Gasteiger partial charge on any atom is -0.479 e. The highest BCUT2D eigenvalue weighted by Crippen LogP contribution is 2.24. The van der Waals surface area contributed by atoms with Crippen LogP contribution in [0.1, 0.15) is 36.2 Å². The van der Waals surface area contributed by atoms with E-state index in [4.69, 9.17) is 10.00 Å².